The minimum Gasteiger partial charge on any atom is -0.326 e. The van der Waals surface area contributed by atoms with E-state index in [1.54, 1.807) is 30.6 Å². The Morgan fingerprint density at radius 2 is 1.79 bits per heavy atom. The monoisotopic (exact) mass is 284 g/mol. The van der Waals surface area contributed by atoms with Gasteiger partial charge in [-0.3, -0.25) is 4.98 Å². The smallest absolute Gasteiger partial charge is 0.326 e. The SMILES string of the molecule is NCc1ccc(Sc2ccncc2)c(C(F)(F)F)c1. The van der Waals surface area contributed by atoms with Crippen LogP contribution in [0.3, 0.4) is 0 Å². The summed E-state index contributed by atoms with van der Waals surface area (Å²) in [7, 11) is 0. The molecule has 0 aliphatic heterocycles. The molecule has 1 aromatic heterocycles. The molecule has 0 spiro atoms. The van der Waals surface area contributed by atoms with Crippen molar-refractivity contribution in [1.82, 2.24) is 4.98 Å². The van der Waals surface area contributed by atoms with Gasteiger partial charge in [0.1, 0.15) is 0 Å². The molecule has 0 saturated carbocycles. The fourth-order valence-electron chi connectivity index (χ4n) is 1.55. The summed E-state index contributed by atoms with van der Waals surface area (Å²) in [6, 6.07) is 7.50. The summed E-state index contributed by atoms with van der Waals surface area (Å²) in [6.45, 7) is 0.0866. The highest BCUT2D eigenvalue weighted by molar-refractivity contribution is 7.99. The highest BCUT2D eigenvalue weighted by Gasteiger charge is 2.33. The Hall–Kier alpha value is -1.53. The van der Waals surface area contributed by atoms with Crippen molar-refractivity contribution in [3.63, 3.8) is 0 Å². The molecule has 0 radical (unpaired) electrons. The predicted octanol–water partition coefficient (Wildman–Crippen LogP) is 3.71. The summed E-state index contributed by atoms with van der Waals surface area (Å²) in [6.07, 6.45) is -1.30. The summed E-state index contributed by atoms with van der Waals surface area (Å²) < 4.78 is 39.0. The normalized spacial score (nSPS) is 11.6. The highest BCUT2D eigenvalue weighted by atomic mass is 32.2. The number of nitrogens with zero attached hydrogens (tertiary/aromatic N) is 1. The first-order chi connectivity index (χ1) is 9.00. The van der Waals surface area contributed by atoms with E-state index in [1.807, 2.05) is 0 Å². The second-order valence-corrected chi connectivity index (χ2v) is 4.93. The van der Waals surface area contributed by atoms with E-state index in [9.17, 15) is 13.2 Å². The van der Waals surface area contributed by atoms with Gasteiger partial charge < -0.3 is 5.73 Å². The molecule has 0 aliphatic carbocycles. The molecule has 19 heavy (non-hydrogen) atoms. The molecule has 0 saturated heterocycles. The van der Waals surface area contributed by atoms with Crippen LogP contribution in [-0.2, 0) is 12.7 Å². The zero-order valence-electron chi connectivity index (χ0n) is 9.82. The van der Waals surface area contributed by atoms with Crippen molar-refractivity contribution in [2.45, 2.75) is 22.5 Å². The molecule has 0 unspecified atom stereocenters. The minimum absolute atomic E-state index is 0.0866. The van der Waals surface area contributed by atoms with E-state index in [0.717, 1.165) is 17.8 Å². The van der Waals surface area contributed by atoms with Gasteiger partial charge >= 0.3 is 6.18 Å². The van der Waals surface area contributed by atoms with Gasteiger partial charge in [0, 0.05) is 28.7 Å². The summed E-state index contributed by atoms with van der Waals surface area (Å²) in [5.74, 6) is 0. The van der Waals surface area contributed by atoms with E-state index in [0.29, 0.717) is 10.5 Å². The van der Waals surface area contributed by atoms with Crippen molar-refractivity contribution in [2.75, 3.05) is 0 Å². The number of hydrogen-bond donors (Lipinski definition) is 1. The van der Waals surface area contributed by atoms with Crippen molar-refractivity contribution in [3.8, 4) is 0 Å². The largest absolute Gasteiger partial charge is 0.417 e. The molecule has 1 heterocycles. The quantitative estimate of drug-likeness (QED) is 0.933. The molecule has 100 valence electrons. The van der Waals surface area contributed by atoms with Crippen molar-refractivity contribution < 1.29 is 13.2 Å². The Kier molecular flexibility index (Phi) is 4.11. The Morgan fingerprint density at radius 1 is 1.11 bits per heavy atom. The molecule has 2 N–H and O–H groups in total. The molecule has 2 aromatic rings. The van der Waals surface area contributed by atoms with Gasteiger partial charge in [-0.05, 0) is 29.8 Å². The second-order valence-electron chi connectivity index (χ2n) is 3.82. The molecule has 0 amide bonds. The van der Waals surface area contributed by atoms with Crippen LogP contribution in [0.15, 0.2) is 52.5 Å². The fourth-order valence-corrected chi connectivity index (χ4v) is 2.48. The van der Waals surface area contributed by atoms with E-state index in [1.165, 1.54) is 6.07 Å². The summed E-state index contributed by atoms with van der Waals surface area (Å²) in [5.41, 5.74) is 5.19. The van der Waals surface area contributed by atoms with Crippen molar-refractivity contribution in [1.29, 1.82) is 0 Å². The van der Waals surface area contributed by atoms with Crippen LogP contribution in [0.1, 0.15) is 11.1 Å². The van der Waals surface area contributed by atoms with Gasteiger partial charge in [0.25, 0.3) is 0 Å². The molecule has 0 aliphatic rings. The lowest BCUT2D eigenvalue weighted by molar-refractivity contribution is -0.139. The third-order valence-electron chi connectivity index (χ3n) is 2.46. The number of pyridine rings is 1. The predicted molar refractivity (Wildman–Crippen MR) is 67.7 cm³/mol. The van der Waals surface area contributed by atoms with Crippen LogP contribution in [-0.4, -0.2) is 4.98 Å². The number of halogens is 3. The van der Waals surface area contributed by atoms with E-state index in [4.69, 9.17) is 5.73 Å². The first-order valence-corrected chi connectivity index (χ1v) is 6.30. The van der Waals surface area contributed by atoms with Crippen LogP contribution < -0.4 is 5.73 Å². The molecule has 0 atom stereocenters. The molecule has 0 fully saturated rings. The molecule has 2 rings (SSSR count). The summed E-state index contributed by atoms with van der Waals surface area (Å²) >= 11 is 1.06. The van der Waals surface area contributed by atoms with Gasteiger partial charge in [0.05, 0.1) is 5.56 Å². The number of benzene rings is 1. The Bertz CT molecular complexity index is 556. The fraction of sp³-hybridized carbons (Fsp3) is 0.154. The number of hydrogen-bond acceptors (Lipinski definition) is 3. The molecule has 2 nitrogen and oxygen atoms in total. The highest BCUT2D eigenvalue weighted by Crippen LogP contribution is 2.39. The third-order valence-corrected chi connectivity index (χ3v) is 3.55. The lowest BCUT2D eigenvalue weighted by Gasteiger charge is -2.13. The Labute approximate surface area is 112 Å². The first kappa shape index (κ1) is 13.9. The maximum atomic E-state index is 13.0. The standard InChI is InChI=1S/C13H11F3N2S/c14-13(15,16)11-7-9(8-17)1-2-12(11)19-10-3-5-18-6-4-10/h1-7H,8,17H2. The van der Waals surface area contributed by atoms with Crippen molar-refractivity contribution in [2.24, 2.45) is 5.73 Å². The van der Waals surface area contributed by atoms with Crippen LogP contribution in [0.25, 0.3) is 0 Å². The van der Waals surface area contributed by atoms with Crippen LogP contribution in [0.2, 0.25) is 0 Å². The number of alkyl halides is 3. The van der Waals surface area contributed by atoms with Crippen LogP contribution in [0.5, 0.6) is 0 Å². The van der Waals surface area contributed by atoms with Crippen LogP contribution in [0, 0.1) is 0 Å². The van der Waals surface area contributed by atoms with Gasteiger partial charge in [-0.15, -0.1) is 0 Å². The number of rotatable bonds is 3. The van der Waals surface area contributed by atoms with Gasteiger partial charge in [0.2, 0.25) is 0 Å². The average Bonchev–Trinajstić information content (AvgIpc) is 2.39. The van der Waals surface area contributed by atoms with Gasteiger partial charge in [-0.25, -0.2) is 0 Å². The molecule has 0 bridgehead atoms. The number of aromatic nitrogens is 1. The second kappa shape index (κ2) is 5.63. The van der Waals surface area contributed by atoms with E-state index in [-0.39, 0.29) is 11.4 Å². The zero-order valence-corrected chi connectivity index (χ0v) is 10.6. The third kappa shape index (κ3) is 3.48. The minimum atomic E-state index is -4.39. The summed E-state index contributed by atoms with van der Waals surface area (Å²) in [5, 5.41) is 0. The molecular weight excluding hydrogens is 273 g/mol. The molecule has 1 aromatic carbocycles. The zero-order chi connectivity index (χ0) is 13.9. The number of nitrogens with two attached hydrogens (primary N) is 1. The summed E-state index contributed by atoms with van der Waals surface area (Å²) in [4.78, 5) is 4.71. The lowest BCUT2D eigenvalue weighted by atomic mass is 10.1. The van der Waals surface area contributed by atoms with Gasteiger partial charge in [0.15, 0.2) is 0 Å². The van der Waals surface area contributed by atoms with E-state index in [2.05, 4.69) is 4.98 Å². The lowest BCUT2D eigenvalue weighted by Crippen LogP contribution is -2.08. The van der Waals surface area contributed by atoms with Crippen molar-refractivity contribution >= 4 is 11.8 Å². The van der Waals surface area contributed by atoms with Crippen LogP contribution >= 0.6 is 11.8 Å². The topological polar surface area (TPSA) is 38.9 Å². The maximum absolute atomic E-state index is 13.0. The first-order valence-electron chi connectivity index (χ1n) is 5.49. The van der Waals surface area contributed by atoms with E-state index < -0.39 is 11.7 Å². The van der Waals surface area contributed by atoms with E-state index >= 15 is 0 Å². The molecular formula is C13H11F3N2S. The Morgan fingerprint density at radius 3 is 2.37 bits per heavy atom. The van der Waals surface area contributed by atoms with Crippen LogP contribution in [0.4, 0.5) is 13.2 Å². The van der Waals surface area contributed by atoms with Gasteiger partial charge in [-0.1, -0.05) is 17.8 Å². The Balaban J connectivity index is 2.40. The van der Waals surface area contributed by atoms with Gasteiger partial charge in [-0.2, -0.15) is 13.2 Å². The maximum Gasteiger partial charge on any atom is 0.417 e. The average molecular weight is 284 g/mol. The van der Waals surface area contributed by atoms with Crippen molar-refractivity contribution in [3.05, 3.63) is 53.9 Å². The molecule has 6 heteroatoms.